The van der Waals surface area contributed by atoms with Crippen LogP contribution in [0.25, 0.3) is 0 Å². The molecule has 0 fully saturated rings. The van der Waals surface area contributed by atoms with E-state index in [1.165, 1.54) is 34.3 Å². The fraction of sp³-hybridized carbons (Fsp3) is 0.263. The number of ether oxygens (including phenoxy) is 1. The topological polar surface area (TPSA) is 117 Å². The molecule has 0 aliphatic carbocycles. The lowest BCUT2D eigenvalue weighted by Crippen LogP contribution is -2.44. The first-order valence-corrected chi connectivity index (χ1v) is 9.20. The lowest BCUT2D eigenvalue weighted by Gasteiger charge is -2.29. The molecular formula is C19H17ClN4O6. The molecule has 0 saturated carbocycles. The number of aromatic hydroxyl groups is 1. The van der Waals surface area contributed by atoms with Gasteiger partial charge in [-0.25, -0.2) is 9.59 Å². The van der Waals surface area contributed by atoms with Crippen molar-refractivity contribution >= 4 is 11.6 Å². The third kappa shape index (κ3) is 2.50. The second kappa shape index (κ2) is 6.49. The summed E-state index contributed by atoms with van der Waals surface area (Å²) in [4.78, 5) is 50.8. The monoisotopic (exact) mass is 432 g/mol. The zero-order chi connectivity index (χ0) is 22.1. The number of aromatic nitrogens is 4. The van der Waals surface area contributed by atoms with Gasteiger partial charge in [-0.3, -0.25) is 27.9 Å². The zero-order valence-electron chi connectivity index (χ0n) is 16.5. The van der Waals surface area contributed by atoms with Gasteiger partial charge < -0.3 is 9.84 Å². The van der Waals surface area contributed by atoms with Crippen molar-refractivity contribution in [3.63, 3.8) is 0 Å². The second-order valence-electron chi connectivity index (χ2n) is 7.08. The Balaban J connectivity index is 2.25. The summed E-state index contributed by atoms with van der Waals surface area (Å²) in [6.07, 6.45) is 0. The maximum Gasteiger partial charge on any atom is 0.333 e. The predicted molar refractivity (Wildman–Crippen MR) is 108 cm³/mol. The molecule has 0 unspecified atom stereocenters. The van der Waals surface area contributed by atoms with Gasteiger partial charge in [0.05, 0.1) is 17.0 Å². The zero-order valence-corrected chi connectivity index (χ0v) is 17.2. The SMILES string of the molecule is Cn1c(O)c([C@@H]2c3cc(Cl)ccc3Oc3c2c(=O)n(C)c(=O)n3C)c(=O)n(C)c1=O. The summed E-state index contributed by atoms with van der Waals surface area (Å²) >= 11 is 6.16. The van der Waals surface area contributed by atoms with Crippen LogP contribution in [0.15, 0.2) is 37.4 Å². The van der Waals surface area contributed by atoms with E-state index in [1.807, 2.05) is 0 Å². The summed E-state index contributed by atoms with van der Waals surface area (Å²) in [6.45, 7) is 0. The van der Waals surface area contributed by atoms with Gasteiger partial charge in [0.15, 0.2) is 0 Å². The molecule has 1 aliphatic rings. The van der Waals surface area contributed by atoms with Crippen LogP contribution in [-0.2, 0) is 28.2 Å². The average Bonchev–Trinajstić information content (AvgIpc) is 2.73. The van der Waals surface area contributed by atoms with Crippen LogP contribution in [-0.4, -0.2) is 23.4 Å². The number of halogens is 1. The second-order valence-corrected chi connectivity index (χ2v) is 7.52. The van der Waals surface area contributed by atoms with Gasteiger partial charge in [-0.2, -0.15) is 0 Å². The highest BCUT2D eigenvalue weighted by Gasteiger charge is 2.38. The van der Waals surface area contributed by atoms with E-state index >= 15 is 0 Å². The van der Waals surface area contributed by atoms with E-state index < -0.39 is 34.3 Å². The molecule has 3 heterocycles. The minimum absolute atomic E-state index is 0.0274. The molecule has 1 atom stereocenters. The van der Waals surface area contributed by atoms with Crippen LogP contribution in [0.5, 0.6) is 17.5 Å². The van der Waals surface area contributed by atoms with Gasteiger partial charge in [0.25, 0.3) is 11.1 Å². The Morgan fingerprint density at radius 3 is 2.07 bits per heavy atom. The first kappa shape index (κ1) is 19.8. The normalized spacial score (nSPS) is 14.8. The van der Waals surface area contributed by atoms with Crippen molar-refractivity contribution in [2.75, 3.05) is 0 Å². The van der Waals surface area contributed by atoms with Crippen LogP contribution in [0.4, 0.5) is 0 Å². The predicted octanol–water partition coefficient (Wildman–Crippen LogP) is 0.126. The van der Waals surface area contributed by atoms with Crippen LogP contribution in [0.2, 0.25) is 5.02 Å². The number of nitrogens with zero attached hydrogens (tertiary/aromatic N) is 4. The molecule has 156 valence electrons. The van der Waals surface area contributed by atoms with Crippen LogP contribution < -0.4 is 27.2 Å². The van der Waals surface area contributed by atoms with Gasteiger partial charge in [-0.05, 0) is 18.2 Å². The first-order valence-electron chi connectivity index (χ1n) is 8.82. The Bertz CT molecular complexity index is 1450. The fourth-order valence-electron chi connectivity index (χ4n) is 3.73. The number of hydrogen-bond donors (Lipinski definition) is 1. The average molecular weight is 433 g/mol. The van der Waals surface area contributed by atoms with Crippen molar-refractivity contribution in [2.24, 2.45) is 28.2 Å². The lowest BCUT2D eigenvalue weighted by molar-refractivity contribution is 0.381. The molecule has 0 radical (unpaired) electrons. The maximum atomic E-state index is 13.1. The van der Waals surface area contributed by atoms with Crippen molar-refractivity contribution in [3.05, 3.63) is 81.6 Å². The molecular weight excluding hydrogens is 416 g/mol. The minimum atomic E-state index is -1.13. The third-order valence-corrected chi connectivity index (χ3v) is 5.61. The van der Waals surface area contributed by atoms with Crippen molar-refractivity contribution in [2.45, 2.75) is 5.92 Å². The van der Waals surface area contributed by atoms with Gasteiger partial charge in [-0.15, -0.1) is 0 Å². The molecule has 3 aromatic rings. The molecule has 1 aromatic carbocycles. The van der Waals surface area contributed by atoms with Crippen LogP contribution in [0.1, 0.15) is 22.6 Å². The molecule has 1 aliphatic heterocycles. The smallest absolute Gasteiger partial charge is 0.333 e. The molecule has 0 spiro atoms. The lowest BCUT2D eigenvalue weighted by atomic mass is 9.84. The Kier molecular flexibility index (Phi) is 4.28. The van der Waals surface area contributed by atoms with Gasteiger partial charge in [0, 0.05) is 38.8 Å². The highest BCUT2D eigenvalue weighted by molar-refractivity contribution is 6.30. The molecule has 11 heteroatoms. The molecule has 2 aromatic heterocycles. The highest BCUT2D eigenvalue weighted by Crippen LogP contribution is 2.46. The standard InChI is InChI=1S/C19H17ClN4O6/c1-21-14(25)12(15(26)22(2)18(21)28)11-9-7-8(20)5-6-10(9)30-17-13(11)16(27)23(3)19(29)24(17)4/h5-7,11,25H,1-4H3/t11-/m0/s1. The highest BCUT2D eigenvalue weighted by atomic mass is 35.5. The fourth-order valence-corrected chi connectivity index (χ4v) is 3.91. The molecule has 0 amide bonds. The van der Waals surface area contributed by atoms with Crippen molar-refractivity contribution in [3.8, 4) is 17.5 Å². The summed E-state index contributed by atoms with van der Waals surface area (Å²) in [5.41, 5.74) is -2.71. The summed E-state index contributed by atoms with van der Waals surface area (Å²) in [6, 6.07) is 4.61. The summed E-state index contributed by atoms with van der Waals surface area (Å²) < 4.78 is 9.59. The van der Waals surface area contributed by atoms with Crippen LogP contribution >= 0.6 is 11.6 Å². The van der Waals surface area contributed by atoms with E-state index in [9.17, 15) is 24.3 Å². The van der Waals surface area contributed by atoms with Crippen molar-refractivity contribution in [1.29, 1.82) is 0 Å². The quantitative estimate of drug-likeness (QED) is 0.456. The molecule has 10 nitrogen and oxygen atoms in total. The van der Waals surface area contributed by atoms with Crippen molar-refractivity contribution in [1.82, 2.24) is 18.3 Å². The van der Waals surface area contributed by atoms with E-state index in [0.717, 1.165) is 18.3 Å². The Morgan fingerprint density at radius 1 is 0.867 bits per heavy atom. The largest absolute Gasteiger partial charge is 0.494 e. The Hall–Kier alpha value is -3.53. The van der Waals surface area contributed by atoms with Crippen LogP contribution in [0, 0.1) is 0 Å². The van der Waals surface area contributed by atoms with E-state index in [-0.39, 0.29) is 22.8 Å². The summed E-state index contributed by atoms with van der Waals surface area (Å²) in [7, 11) is 5.30. The third-order valence-electron chi connectivity index (χ3n) is 5.38. The van der Waals surface area contributed by atoms with Gasteiger partial charge in [-0.1, -0.05) is 11.6 Å². The number of benzene rings is 1. The molecule has 4 rings (SSSR count). The molecule has 0 saturated heterocycles. The molecule has 0 bridgehead atoms. The summed E-state index contributed by atoms with van der Waals surface area (Å²) in [5, 5.41) is 11.1. The van der Waals surface area contributed by atoms with E-state index in [1.54, 1.807) is 12.1 Å². The van der Waals surface area contributed by atoms with E-state index in [2.05, 4.69) is 0 Å². The van der Waals surface area contributed by atoms with Crippen molar-refractivity contribution < 1.29 is 9.84 Å². The Labute approximate surface area is 173 Å². The van der Waals surface area contributed by atoms with E-state index in [4.69, 9.17) is 16.3 Å². The van der Waals surface area contributed by atoms with Gasteiger partial charge in [0.2, 0.25) is 11.8 Å². The first-order chi connectivity index (χ1) is 14.1. The number of rotatable bonds is 1. The summed E-state index contributed by atoms with van der Waals surface area (Å²) in [5.74, 6) is -1.52. The number of hydrogen-bond acceptors (Lipinski definition) is 6. The minimum Gasteiger partial charge on any atom is -0.494 e. The molecule has 1 N–H and O–H groups in total. The Morgan fingerprint density at radius 2 is 1.43 bits per heavy atom. The molecule has 30 heavy (non-hydrogen) atoms. The van der Waals surface area contributed by atoms with E-state index in [0.29, 0.717) is 10.6 Å². The van der Waals surface area contributed by atoms with Crippen LogP contribution in [0.3, 0.4) is 0 Å². The maximum absolute atomic E-state index is 13.1. The van der Waals surface area contributed by atoms with Gasteiger partial charge >= 0.3 is 11.4 Å². The number of fused-ring (bicyclic) bond motifs is 2. The van der Waals surface area contributed by atoms with Gasteiger partial charge in [0.1, 0.15) is 5.75 Å².